The van der Waals surface area contributed by atoms with Gasteiger partial charge in [0.25, 0.3) is 0 Å². The molecule has 2 heterocycles. The van der Waals surface area contributed by atoms with Gasteiger partial charge in [0, 0.05) is 0 Å². The van der Waals surface area contributed by atoms with Crippen LogP contribution in [-0.2, 0) is 11.1 Å². The number of rotatable bonds is 0. The average molecular weight is 383 g/mol. The molecule has 1 saturated heterocycles. The van der Waals surface area contributed by atoms with Crippen LogP contribution in [0.3, 0.4) is 0 Å². The van der Waals surface area contributed by atoms with Crippen molar-refractivity contribution in [2.75, 3.05) is 19.6 Å². The quantitative estimate of drug-likeness (QED) is 0.582. The molecule has 0 amide bonds. The van der Waals surface area contributed by atoms with Crippen molar-refractivity contribution < 1.29 is 11.1 Å². The van der Waals surface area contributed by atoms with Crippen LogP contribution in [0.2, 0.25) is 0 Å². The molecular weight excluding hydrogens is 367 g/mol. The van der Waals surface area contributed by atoms with Gasteiger partial charge in [-0.3, -0.25) is 0 Å². The molecule has 91 valence electrons. The zero-order valence-corrected chi connectivity index (χ0v) is 12.7. The summed E-state index contributed by atoms with van der Waals surface area (Å²) in [5, 5.41) is 8.09. The number of hydrogen-bond acceptors (Lipinski definition) is 0. The summed E-state index contributed by atoms with van der Waals surface area (Å²) in [6.45, 7) is 3.11. The second-order valence-electron chi connectivity index (χ2n) is 2.91. The Morgan fingerprint density at radius 2 is 1.67 bits per heavy atom. The Hall–Kier alpha value is 0.706. The Kier molecular flexibility index (Phi) is 15.4. The van der Waals surface area contributed by atoms with Gasteiger partial charge < -0.3 is 10.6 Å². The van der Waals surface area contributed by atoms with Crippen LogP contribution in [0.4, 0.5) is 0 Å². The van der Waals surface area contributed by atoms with E-state index in [1.807, 2.05) is 18.2 Å². The summed E-state index contributed by atoms with van der Waals surface area (Å²) in [6, 6.07) is 0. The van der Waals surface area contributed by atoms with Crippen LogP contribution in [0, 0.1) is 0 Å². The second-order valence-corrected chi connectivity index (χ2v) is 8.17. The van der Waals surface area contributed by atoms with Gasteiger partial charge in [-0.25, -0.2) is 0 Å². The van der Waals surface area contributed by atoms with E-state index in [-0.39, 0.29) is 0 Å². The van der Waals surface area contributed by atoms with E-state index in [0.717, 1.165) is 30.8 Å². The third-order valence-electron chi connectivity index (χ3n) is 1.78. The molecule has 0 aromatic carbocycles. The van der Waals surface area contributed by atoms with Gasteiger partial charge >= 0.3 is 39.5 Å². The van der Waals surface area contributed by atoms with E-state index in [1.165, 1.54) is 19.3 Å². The fourth-order valence-electron chi connectivity index (χ4n) is 1.11. The van der Waals surface area contributed by atoms with Gasteiger partial charge in [-0.1, -0.05) is 31.4 Å². The first-order valence-corrected chi connectivity index (χ1v) is 10.0. The predicted molar refractivity (Wildman–Crippen MR) is 71.3 cm³/mol. The van der Waals surface area contributed by atoms with Crippen LogP contribution >= 0.6 is 28.3 Å². The van der Waals surface area contributed by atoms with Gasteiger partial charge in [-0.15, -0.1) is 25.7 Å². The third-order valence-corrected chi connectivity index (χ3v) is 1.78. The first-order chi connectivity index (χ1) is 7.41. The van der Waals surface area contributed by atoms with Crippen LogP contribution in [0.25, 0.3) is 10.6 Å². The van der Waals surface area contributed by atoms with Crippen molar-refractivity contribution in [1.29, 1.82) is 0 Å². The summed E-state index contributed by atoms with van der Waals surface area (Å²) in [4.78, 5) is 0. The van der Waals surface area contributed by atoms with Gasteiger partial charge in [0.2, 0.25) is 0 Å². The van der Waals surface area contributed by atoms with E-state index < -0.39 is 0 Å². The van der Waals surface area contributed by atoms with Crippen molar-refractivity contribution in [1.82, 2.24) is 0 Å². The molecule has 0 bridgehead atoms. The van der Waals surface area contributed by atoms with Crippen LogP contribution in [-0.4, -0.2) is 19.6 Å². The van der Waals surface area contributed by atoms with Gasteiger partial charge in [0.15, 0.2) is 0 Å². The third kappa shape index (κ3) is 14.7. The average Bonchev–Trinajstić information content (AvgIpc) is 2.35. The molecule has 2 nitrogen and oxygen atoms in total. The number of hydrogen-bond donors (Lipinski definition) is 0. The van der Waals surface area contributed by atoms with E-state index in [1.54, 1.807) is 6.20 Å². The molecule has 2 aliphatic heterocycles. The summed E-state index contributed by atoms with van der Waals surface area (Å²) in [7, 11) is 0. The molecule has 15 heavy (non-hydrogen) atoms. The Morgan fingerprint density at radius 1 is 1.00 bits per heavy atom. The van der Waals surface area contributed by atoms with Crippen LogP contribution < -0.4 is 0 Å². The Morgan fingerprint density at radius 3 is 1.80 bits per heavy atom. The molecule has 1 fully saturated rings. The second kappa shape index (κ2) is 14.7. The monoisotopic (exact) mass is 381 g/mol. The fourth-order valence-corrected chi connectivity index (χ4v) is 1.11. The van der Waals surface area contributed by atoms with Gasteiger partial charge in [0.05, 0.1) is 0 Å². The topological polar surface area (TPSA) is 28.2 Å². The number of nitrogens with zero attached hydrogens (tertiary/aromatic N) is 2. The fraction of sp³-hybridized carbons (Fsp3) is 0.600. The molecule has 2 rings (SSSR count). The van der Waals surface area contributed by atoms with Crippen molar-refractivity contribution in [3.8, 4) is 0 Å². The molecule has 0 saturated carbocycles. The van der Waals surface area contributed by atoms with Crippen LogP contribution in [0.1, 0.15) is 19.3 Å². The maximum absolute atomic E-state index is 4.18. The van der Waals surface area contributed by atoms with Gasteiger partial charge in [-0.05, 0) is 0 Å². The SMILES string of the molecule is C1=CC[N-]C=C1.C1CC[N-]CC1.[Br][Co][Br]. The normalized spacial score (nSPS) is 18.0. The van der Waals surface area contributed by atoms with Crippen LogP contribution in [0.5, 0.6) is 0 Å². The van der Waals surface area contributed by atoms with E-state index in [2.05, 4.69) is 39.0 Å². The van der Waals surface area contributed by atoms with Crippen molar-refractivity contribution >= 4 is 28.3 Å². The van der Waals surface area contributed by atoms with E-state index in [4.69, 9.17) is 0 Å². The molecule has 2 aliphatic rings. The zero-order chi connectivity index (χ0) is 11.2. The number of allylic oxidation sites excluding steroid dienone is 2. The van der Waals surface area contributed by atoms with Crippen molar-refractivity contribution in [3.05, 3.63) is 35.1 Å². The molecule has 0 N–H and O–H groups in total. The number of halogens is 2. The standard InChI is InChI=1S/C5H10N.C5H6N.2BrH.Co/c2*1-2-4-6-5-3-1;;;/h1-5H2;1-4H,5H2;2*1H;/q2*-1;;;+2/p-2. The minimum absolute atomic E-state index is 0.858. The molecule has 0 atom stereocenters. The van der Waals surface area contributed by atoms with Crippen molar-refractivity contribution in [2.24, 2.45) is 0 Å². The van der Waals surface area contributed by atoms with Crippen molar-refractivity contribution in [3.63, 3.8) is 0 Å². The van der Waals surface area contributed by atoms with E-state index in [9.17, 15) is 0 Å². The molecular formula is C10H16Br2CoN2-2. The predicted octanol–water partition coefficient (Wildman–Crippen LogP) is 4.68. The molecule has 0 aliphatic carbocycles. The molecule has 0 aromatic heterocycles. The van der Waals surface area contributed by atoms with E-state index in [0.29, 0.717) is 0 Å². The summed E-state index contributed by atoms with van der Waals surface area (Å²) in [6.07, 6.45) is 11.8. The molecule has 0 radical (unpaired) electrons. The summed E-state index contributed by atoms with van der Waals surface area (Å²) in [5.41, 5.74) is 0. The maximum atomic E-state index is 4.18. The Balaban J connectivity index is 0.000000210. The summed E-state index contributed by atoms with van der Waals surface area (Å²) < 4.78 is 0. The van der Waals surface area contributed by atoms with Gasteiger partial charge in [-0.2, -0.15) is 6.20 Å². The minimum atomic E-state index is 0.858. The Labute approximate surface area is 113 Å². The van der Waals surface area contributed by atoms with Gasteiger partial charge in [0.1, 0.15) is 0 Å². The van der Waals surface area contributed by atoms with E-state index >= 15 is 0 Å². The zero-order valence-electron chi connectivity index (χ0n) is 8.54. The van der Waals surface area contributed by atoms with Crippen LogP contribution in [0.15, 0.2) is 24.4 Å². The number of piperidine rings is 1. The molecule has 0 unspecified atom stereocenters. The van der Waals surface area contributed by atoms with Crippen molar-refractivity contribution in [2.45, 2.75) is 19.3 Å². The summed E-state index contributed by atoms with van der Waals surface area (Å²) >= 11 is 7.12. The molecule has 0 aromatic rings. The first kappa shape index (κ1) is 15.7. The first-order valence-electron chi connectivity index (χ1n) is 4.87. The molecule has 5 heteroatoms. The Bertz CT molecular complexity index is 147. The molecule has 0 spiro atoms. The summed E-state index contributed by atoms with van der Waals surface area (Å²) in [5.74, 6) is 0.